The van der Waals surface area contributed by atoms with Crippen LogP contribution in [-0.2, 0) is 0 Å². The summed E-state index contributed by atoms with van der Waals surface area (Å²) in [4.78, 5) is 8.57. The van der Waals surface area contributed by atoms with E-state index >= 15 is 0 Å². The predicted molar refractivity (Wildman–Crippen MR) is 69.6 cm³/mol. The van der Waals surface area contributed by atoms with Crippen molar-refractivity contribution in [2.24, 2.45) is 0 Å². The van der Waals surface area contributed by atoms with E-state index < -0.39 is 11.6 Å². The van der Waals surface area contributed by atoms with Gasteiger partial charge in [-0.2, -0.15) is 0 Å². The van der Waals surface area contributed by atoms with E-state index in [4.69, 9.17) is 0 Å². The molecule has 0 bridgehead atoms. The molecule has 4 heteroatoms. The van der Waals surface area contributed by atoms with Crippen molar-refractivity contribution < 1.29 is 8.78 Å². The van der Waals surface area contributed by atoms with Gasteiger partial charge in [0.05, 0.1) is 11.2 Å². The molecule has 3 rings (SSSR count). The Bertz CT molecular complexity index is 769. The van der Waals surface area contributed by atoms with Crippen LogP contribution in [0.25, 0.3) is 22.2 Å². The molecule has 1 aromatic carbocycles. The van der Waals surface area contributed by atoms with Crippen LogP contribution in [0.4, 0.5) is 8.78 Å². The lowest BCUT2D eigenvalue weighted by atomic mass is 10.1. The van der Waals surface area contributed by atoms with Crippen LogP contribution in [0.5, 0.6) is 0 Å². The van der Waals surface area contributed by atoms with Crippen LogP contribution in [0, 0.1) is 18.6 Å². The van der Waals surface area contributed by atoms with Crippen molar-refractivity contribution >= 4 is 10.9 Å². The maximum Gasteiger partial charge on any atom is 0.135 e. The Kier molecular flexibility index (Phi) is 2.71. The number of hydrogen-bond acceptors (Lipinski definition) is 2. The van der Waals surface area contributed by atoms with Gasteiger partial charge < -0.3 is 0 Å². The van der Waals surface area contributed by atoms with E-state index in [1.54, 1.807) is 12.3 Å². The standard InChI is InChI=1S/C15H10F2N2/c1-9-2-4-12-14(19-9)6-7-18-15(12)11-5-3-10(16)8-13(11)17/h2-8H,1H3. The molecule has 2 aromatic heterocycles. The normalized spacial score (nSPS) is 10.9. The molecular formula is C15H10F2N2. The SMILES string of the molecule is Cc1ccc2c(-c3ccc(F)cc3F)nccc2n1. The van der Waals surface area contributed by atoms with Gasteiger partial charge in [-0.1, -0.05) is 0 Å². The van der Waals surface area contributed by atoms with E-state index in [-0.39, 0.29) is 5.56 Å². The number of halogens is 2. The summed E-state index contributed by atoms with van der Waals surface area (Å²) in [5.74, 6) is -1.23. The summed E-state index contributed by atoms with van der Waals surface area (Å²) in [5.41, 5.74) is 2.37. The van der Waals surface area contributed by atoms with Gasteiger partial charge in [-0.15, -0.1) is 0 Å². The Labute approximate surface area is 108 Å². The zero-order valence-electron chi connectivity index (χ0n) is 10.2. The minimum atomic E-state index is -0.624. The molecule has 0 spiro atoms. The first kappa shape index (κ1) is 11.7. The highest BCUT2D eigenvalue weighted by molar-refractivity contribution is 5.92. The summed E-state index contributed by atoms with van der Waals surface area (Å²) in [6.07, 6.45) is 1.58. The molecule has 0 saturated heterocycles. The first-order valence-corrected chi connectivity index (χ1v) is 5.83. The Hall–Kier alpha value is -2.36. The largest absolute Gasteiger partial charge is 0.255 e. The Morgan fingerprint density at radius 1 is 1.00 bits per heavy atom. The number of nitrogens with zero attached hydrogens (tertiary/aromatic N) is 2. The second-order valence-corrected chi connectivity index (χ2v) is 4.30. The van der Waals surface area contributed by atoms with E-state index in [2.05, 4.69) is 9.97 Å². The highest BCUT2D eigenvalue weighted by Gasteiger charge is 2.11. The maximum absolute atomic E-state index is 13.8. The molecule has 0 aliphatic heterocycles. The van der Waals surface area contributed by atoms with E-state index in [1.807, 2.05) is 19.1 Å². The summed E-state index contributed by atoms with van der Waals surface area (Å²) >= 11 is 0. The monoisotopic (exact) mass is 256 g/mol. The second-order valence-electron chi connectivity index (χ2n) is 4.30. The number of fused-ring (bicyclic) bond motifs is 1. The topological polar surface area (TPSA) is 25.8 Å². The third-order valence-electron chi connectivity index (χ3n) is 2.94. The number of hydrogen-bond donors (Lipinski definition) is 0. The summed E-state index contributed by atoms with van der Waals surface area (Å²) < 4.78 is 26.8. The molecule has 19 heavy (non-hydrogen) atoms. The summed E-state index contributed by atoms with van der Waals surface area (Å²) in [7, 11) is 0. The lowest BCUT2D eigenvalue weighted by Crippen LogP contribution is -1.92. The Morgan fingerprint density at radius 3 is 2.63 bits per heavy atom. The van der Waals surface area contributed by atoms with Crippen molar-refractivity contribution in [3.05, 3.63) is 59.9 Å². The molecule has 0 aliphatic carbocycles. The fourth-order valence-electron chi connectivity index (χ4n) is 2.05. The average Bonchev–Trinajstić information content (AvgIpc) is 2.38. The number of aromatic nitrogens is 2. The fraction of sp³-hybridized carbons (Fsp3) is 0.0667. The minimum absolute atomic E-state index is 0.276. The predicted octanol–water partition coefficient (Wildman–Crippen LogP) is 3.88. The zero-order valence-corrected chi connectivity index (χ0v) is 10.2. The summed E-state index contributed by atoms with van der Waals surface area (Å²) in [6, 6.07) is 8.94. The molecule has 0 amide bonds. The smallest absolute Gasteiger partial charge is 0.135 e. The zero-order chi connectivity index (χ0) is 13.4. The average molecular weight is 256 g/mol. The maximum atomic E-state index is 13.8. The number of pyridine rings is 2. The van der Waals surface area contributed by atoms with Crippen molar-refractivity contribution in [2.75, 3.05) is 0 Å². The van der Waals surface area contributed by atoms with E-state index in [9.17, 15) is 8.78 Å². The van der Waals surface area contributed by atoms with Crippen molar-refractivity contribution in [1.82, 2.24) is 9.97 Å². The number of aryl methyl sites for hydroxylation is 1. The third kappa shape index (κ3) is 2.05. The molecule has 0 radical (unpaired) electrons. The molecule has 2 nitrogen and oxygen atoms in total. The molecular weight excluding hydrogens is 246 g/mol. The highest BCUT2D eigenvalue weighted by Crippen LogP contribution is 2.28. The molecule has 0 saturated carbocycles. The number of rotatable bonds is 1. The lowest BCUT2D eigenvalue weighted by molar-refractivity contribution is 0.585. The molecule has 0 unspecified atom stereocenters. The van der Waals surface area contributed by atoms with Gasteiger partial charge in [0, 0.05) is 28.9 Å². The van der Waals surface area contributed by atoms with Crippen molar-refractivity contribution in [3.8, 4) is 11.3 Å². The Balaban J connectivity index is 2.30. The molecule has 0 fully saturated rings. The van der Waals surface area contributed by atoms with Crippen LogP contribution in [0.2, 0.25) is 0 Å². The first-order chi connectivity index (χ1) is 9.15. The van der Waals surface area contributed by atoms with Gasteiger partial charge in [0.15, 0.2) is 0 Å². The van der Waals surface area contributed by atoms with E-state index in [1.165, 1.54) is 12.1 Å². The van der Waals surface area contributed by atoms with Gasteiger partial charge in [-0.05, 0) is 37.3 Å². The Morgan fingerprint density at radius 2 is 1.84 bits per heavy atom. The highest BCUT2D eigenvalue weighted by atomic mass is 19.1. The fourth-order valence-corrected chi connectivity index (χ4v) is 2.05. The van der Waals surface area contributed by atoms with Crippen molar-refractivity contribution in [1.29, 1.82) is 0 Å². The van der Waals surface area contributed by atoms with Gasteiger partial charge in [0.2, 0.25) is 0 Å². The van der Waals surface area contributed by atoms with E-state index in [0.29, 0.717) is 5.69 Å². The first-order valence-electron chi connectivity index (χ1n) is 5.83. The van der Waals surface area contributed by atoms with Crippen LogP contribution in [-0.4, -0.2) is 9.97 Å². The van der Waals surface area contributed by atoms with Crippen molar-refractivity contribution in [2.45, 2.75) is 6.92 Å². The van der Waals surface area contributed by atoms with E-state index in [0.717, 1.165) is 22.7 Å². The molecule has 0 N–H and O–H groups in total. The van der Waals surface area contributed by atoms with Gasteiger partial charge >= 0.3 is 0 Å². The van der Waals surface area contributed by atoms with Crippen LogP contribution in [0.1, 0.15) is 5.69 Å². The quantitative estimate of drug-likeness (QED) is 0.660. The molecule has 3 aromatic rings. The van der Waals surface area contributed by atoms with Crippen LogP contribution in [0.15, 0.2) is 42.6 Å². The molecule has 0 aliphatic rings. The van der Waals surface area contributed by atoms with Gasteiger partial charge in [-0.25, -0.2) is 8.78 Å². The molecule has 0 atom stereocenters. The number of benzene rings is 1. The molecule has 2 heterocycles. The third-order valence-corrected chi connectivity index (χ3v) is 2.94. The van der Waals surface area contributed by atoms with Crippen molar-refractivity contribution in [3.63, 3.8) is 0 Å². The lowest BCUT2D eigenvalue weighted by Gasteiger charge is -2.07. The van der Waals surface area contributed by atoms with Gasteiger partial charge in [-0.3, -0.25) is 9.97 Å². The second kappa shape index (κ2) is 4.39. The van der Waals surface area contributed by atoms with Crippen LogP contribution >= 0.6 is 0 Å². The van der Waals surface area contributed by atoms with Crippen LogP contribution < -0.4 is 0 Å². The van der Waals surface area contributed by atoms with Gasteiger partial charge in [0.25, 0.3) is 0 Å². The van der Waals surface area contributed by atoms with Crippen LogP contribution in [0.3, 0.4) is 0 Å². The van der Waals surface area contributed by atoms with Gasteiger partial charge in [0.1, 0.15) is 11.6 Å². The summed E-state index contributed by atoms with van der Waals surface area (Å²) in [6.45, 7) is 1.89. The minimum Gasteiger partial charge on any atom is -0.255 e. The molecule has 94 valence electrons. The summed E-state index contributed by atoms with van der Waals surface area (Å²) in [5, 5.41) is 0.749.